The fraction of sp³-hybridized carbons (Fsp3) is 0.786. The molecule has 4 atom stereocenters. The van der Waals surface area contributed by atoms with Crippen LogP contribution in [0.1, 0.15) is 24.6 Å². The van der Waals surface area contributed by atoms with Gasteiger partial charge in [-0.2, -0.15) is 5.10 Å². The molecule has 0 aromatic carbocycles. The summed E-state index contributed by atoms with van der Waals surface area (Å²) >= 11 is 0. The van der Waals surface area contributed by atoms with Crippen LogP contribution < -0.4 is 16.3 Å². The number of aliphatic hydroxyl groups excluding tert-OH is 2. The molecule has 0 spiro atoms. The fourth-order valence-electron chi connectivity index (χ4n) is 3.39. The lowest BCUT2D eigenvalue weighted by Crippen LogP contribution is -2.43. The first kappa shape index (κ1) is 16.0. The van der Waals surface area contributed by atoms with Gasteiger partial charge in [0.15, 0.2) is 5.96 Å². The number of aliphatic imine (C=N–C) groups is 1. The number of aliphatic hydroxyl groups is 2. The van der Waals surface area contributed by atoms with Crippen LogP contribution in [0.3, 0.4) is 0 Å². The van der Waals surface area contributed by atoms with Crippen LogP contribution >= 0.6 is 0 Å². The molecule has 9 heteroatoms. The first-order chi connectivity index (χ1) is 11.0. The number of nitrogens with one attached hydrogen (secondary N) is 2. The van der Waals surface area contributed by atoms with E-state index in [1.807, 2.05) is 0 Å². The van der Waals surface area contributed by atoms with Crippen LogP contribution in [0.5, 0.6) is 0 Å². The molecule has 1 saturated carbocycles. The Balaban J connectivity index is 1.58. The van der Waals surface area contributed by atoms with Crippen LogP contribution in [0.2, 0.25) is 0 Å². The number of aryl methyl sites for hydroxylation is 1. The van der Waals surface area contributed by atoms with Gasteiger partial charge in [0.1, 0.15) is 5.82 Å². The Kier molecular flexibility index (Phi) is 4.40. The van der Waals surface area contributed by atoms with Crippen molar-refractivity contribution >= 4 is 5.96 Å². The Morgan fingerprint density at radius 1 is 1.39 bits per heavy atom. The molecule has 9 nitrogen and oxygen atoms in total. The molecule has 1 fully saturated rings. The summed E-state index contributed by atoms with van der Waals surface area (Å²) < 4.78 is 2.89. The third-order valence-electron chi connectivity index (χ3n) is 4.75. The van der Waals surface area contributed by atoms with E-state index >= 15 is 0 Å². The van der Waals surface area contributed by atoms with Crippen molar-refractivity contribution in [1.29, 1.82) is 0 Å². The number of rotatable bonds is 4. The minimum atomic E-state index is -0.430. The summed E-state index contributed by atoms with van der Waals surface area (Å²) in [4.78, 5) is 16.1. The normalized spacial score (nSPS) is 30.3. The predicted octanol–water partition coefficient (Wildman–Crippen LogP) is -2.12. The highest BCUT2D eigenvalue weighted by Gasteiger charge is 2.36. The molecular weight excluding hydrogens is 300 g/mol. The summed E-state index contributed by atoms with van der Waals surface area (Å²) in [6.07, 6.45) is 0.950. The maximum Gasteiger partial charge on any atom is 0.345 e. The molecule has 2 heterocycles. The van der Waals surface area contributed by atoms with Gasteiger partial charge in [-0.3, -0.25) is 9.56 Å². The standard InChI is InChI=1S/C14H24N6O3/c1-19-12(18-20(2)14(19)23)8-3-9(11(22)4-8)5-15-13-16-6-10(7-21)17-13/h8-11,21-22H,3-7H2,1-2H3,(H2,15,16,17)/t8-,9+,10-,11+/m0/s1. The smallest absolute Gasteiger partial charge is 0.345 e. The van der Waals surface area contributed by atoms with E-state index in [1.54, 1.807) is 18.7 Å². The Morgan fingerprint density at radius 2 is 2.17 bits per heavy atom. The van der Waals surface area contributed by atoms with E-state index in [1.165, 1.54) is 4.68 Å². The lowest BCUT2D eigenvalue weighted by atomic mass is 10.0. The van der Waals surface area contributed by atoms with Crippen LogP contribution in [-0.4, -0.2) is 62.4 Å². The van der Waals surface area contributed by atoms with E-state index in [9.17, 15) is 9.90 Å². The monoisotopic (exact) mass is 324 g/mol. The topological polar surface area (TPSA) is 117 Å². The van der Waals surface area contributed by atoms with Crippen LogP contribution in [0.4, 0.5) is 0 Å². The van der Waals surface area contributed by atoms with Crippen LogP contribution in [0, 0.1) is 5.92 Å². The Hall–Kier alpha value is -1.87. The Labute approximate surface area is 134 Å². The molecule has 1 aromatic rings. The van der Waals surface area contributed by atoms with E-state index in [2.05, 4.69) is 20.7 Å². The molecule has 1 aliphatic carbocycles. The van der Waals surface area contributed by atoms with E-state index in [4.69, 9.17) is 5.11 Å². The van der Waals surface area contributed by atoms with Crippen molar-refractivity contribution in [2.75, 3.05) is 19.7 Å². The first-order valence-electron chi connectivity index (χ1n) is 7.93. The largest absolute Gasteiger partial charge is 0.394 e. The lowest BCUT2D eigenvalue weighted by Gasteiger charge is -2.16. The number of hydrogen-bond acceptors (Lipinski definition) is 7. The number of guanidine groups is 1. The fourth-order valence-corrected chi connectivity index (χ4v) is 3.39. The van der Waals surface area contributed by atoms with E-state index in [0.29, 0.717) is 25.5 Å². The molecule has 1 aliphatic heterocycles. The minimum Gasteiger partial charge on any atom is -0.394 e. The molecule has 0 amide bonds. The van der Waals surface area contributed by atoms with Crippen molar-refractivity contribution in [3.05, 3.63) is 16.3 Å². The molecule has 1 aromatic heterocycles. The average molecular weight is 324 g/mol. The van der Waals surface area contributed by atoms with Crippen molar-refractivity contribution in [3.63, 3.8) is 0 Å². The zero-order valence-electron chi connectivity index (χ0n) is 13.4. The summed E-state index contributed by atoms with van der Waals surface area (Å²) in [6, 6.07) is -0.0261. The van der Waals surface area contributed by atoms with E-state index < -0.39 is 6.10 Å². The minimum absolute atomic E-state index is 0.0261. The predicted molar refractivity (Wildman–Crippen MR) is 84.2 cm³/mol. The highest BCUT2D eigenvalue weighted by molar-refractivity contribution is 5.81. The third-order valence-corrected chi connectivity index (χ3v) is 4.75. The van der Waals surface area contributed by atoms with Gasteiger partial charge in [0.05, 0.1) is 25.3 Å². The molecule has 0 bridgehead atoms. The van der Waals surface area contributed by atoms with Crippen LogP contribution in [-0.2, 0) is 14.1 Å². The first-order valence-corrected chi connectivity index (χ1v) is 7.93. The number of hydrogen-bond donors (Lipinski definition) is 4. The molecule has 23 heavy (non-hydrogen) atoms. The maximum absolute atomic E-state index is 11.8. The van der Waals surface area contributed by atoms with Crippen molar-refractivity contribution in [2.45, 2.75) is 30.9 Å². The summed E-state index contributed by atoms with van der Waals surface area (Å²) in [7, 11) is 3.35. The number of aromatic nitrogens is 3. The zero-order valence-corrected chi connectivity index (χ0v) is 13.4. The molecule has 0 saturated heterocycles. The highest BCUT2D eigenvalue weighted by atomic mass is 16.3. The zero-order chi connectivity index (χ0) is 16.6. The molecule has 128 valence electrons. The van der Waals surface area contributed by atoms with Gasteiger partial charge in [-0.1, -0.05) is 0 Å². The van der Waals surface area contributed by atoms with Gasteiger partial charge in [-0.05, 0) is 12.8 Å². The van der Waals surface area contributed by atoms with Gasteiger partial charge in [0.25, 0.3) is 0 Å². The Bertz CT molecular complexity index is 651. The van der Waals surface area contributed by atoms with Crippen molar-refractivity contribution in [1.82, 2.24) is 25.0 Å². The summed E-state index contributed by atoms with van der Waals surface area (Å²) in [5.41, 5.74) is -0.143. The number of nitrogens with zero attached hydrogens (tertiary/aromatic N) is 4. The second-order valence-electron chi connectivity index (χ2n) is 6.41. The summed E-state index contributed by atoms with van der Waals surface area (Å²) in [5, 5.41) is 29.9. The van der Waals surface area contributed by atoms with E-state index in [0.717, 1.165) is 12.2 Å². The van der Waals surface area contributed by atoms with Gasteiger partial charge >= 0.3 is 5.69 Å². The van der Waals surface area contributed by atoms with Crippen LogP contribution in [0.25, 0.3) is 0 Å². The molecule has 2 aliphatic rings. The van der Waals surface area contributed by atoms with Crippen LogP contribution in [0.15, 0.2) is 9.79 Å². The second kappa shape index (κ2) is 6.32. The summed E-state index contributed by atoms with van der Waals surface area (Å²) in [5.74, 6) is 1.56. The average Bonchev–Trinajstić information content (AvgIpc) is 3.20. The molecule has 4 N–H and O–H groups in total. The molecule has 0 radical (unpaired) electrons. The van der Waals surface area contributed by atoms with Crippen molar-refractivity contribution in [3.8, 4) is 0 Å². The van der Waals surface area contributed by atoms with Crippen molar-refractivity contribution in [2.24, 2.45) is 25.0 Å². The second-order valence-corrected chi connectivity index (χ2v) is 6.41. The lowest BCUT2D eigenvalue weighted by molar-refractivity contribution is 0.133. The molecule has 0 unspecified atom stereocenters. The summed E-state index contributed by atoms with van der Waals surface area (Å²) in [6.45, 7) is 1.21. The van der Waals surface area contributed by atoms with Gasteiger partial charge in [-0.15, -0.1) is 0 Å². The highest BCUT2D eigenvalue weighted by Crippen LogP contribution is 2.36. The van der Waals surface area contributed by atoms with Gasteiger partial charge in [0.2, 0.25) is 0 Å². The molecular formula is C14H24N6O3. The van der Waals surface area contributed by atoms with Gasteiger partial charge < -0.3 is 20.8 Å². The van der Waals surface area contributed by atoms with Crippen molar-refractivity contribution < 1.29 is 10.2 Å². The third kappa shape index (κ3) is 3.11. The van der Waals surface area contributed by atoms with E-state index in [-0.39, 0.29) is 30.2 Å². The molecule has 3 rings (SSSR count). The quantitative estimate of drug-likeness (QED) is 0.503. The Morgan fingerprint density at radius 3 is 2.78 bits per heavy atom. The SMILES string of the molecule is Cn1nc([C@H]2C[C@H](CNC3=NC[C@@H](CO)N3)[C@H](O)C2)n(C)c1=O. The van der Waals surface area contributed by atoms with Gasteiger partial charge in [0, 0.05) is 32.5 Å². The van der Waals surface area contributed by atoms with Gasteiger partial charge in [-0.25, -0.2) is 9.48 Å². The maximum atomic E-state index is 11.8.